The molecule has 1 aliphatic rings. The lowest BCUT2D eigenvalue weighted by Crippen LogP contribution is -2.32. The number of nitrogens with zero attached hydrogens (tertiary/aromatic N) is 1. The van der Waals surface area contributed by atoms with Crippen LogP contribution in [0.15, 0.2) is 64.8 Å². The quantitative estimate of drug-likeness (QED) is 0.780. The molecule has 1 heterocycles. The SMILES string of the molecule is COc1ccc(OC)c(CSC2=N[C@@H](c3ccccc3)C(C(N)=O)=C(C)N2)c1. The molecule has 3 N–H and O–H groups in total. The lowest BCUT2D eigenvalue weighted by molar-refractivity contribution is -0.114. The first-order valence-corrected chi connectivity index (χ1v) is 9.76. The van der Waals surface area contributed by atoms with Crippen LogP contribution in [0.3, 0.4) is 0 Å². The molecule has 0 aliphatic carbocycles. The fourth-order valence-corrected chi connectivity index (χ4v) is 3.98. The van der Waals surface area contributed by atoms with Crippen molar-refractivity contribution in [1.29, 1.82) is 0 Å². The lowest BCUT2D eigenvalue weighted by Gasteiger charge is -2.25. The van der Waals surface area contributed by atoms with Crippen LogP contribution in [0.25, 0.3) is 0 Å². The van der Waals surface area contributed by atoms with Crippen molar-refractivity contribution in [3.05, 3.63) is 70.9 Å². The maximum absolute atomic E-state index is 12.0. The Morgan fingerprint density at radius 2 is 1.93 bits per heavy atom. The number of hydrogen-bond donors (Lipinski definition) is 2. The number of amides is 1. The number of nitrogens with two attached hydrogens (primary N) is 1. The Hall–Kier alpha value is -2.93. The number of benzene rings is 2. The minimum Gasteiger partial charge on any atom is -0.497 e. The molecule has 7 heteroatoms. The standard InChI is InChI=1S/C21H23N3O3S/c1-13-18(20(22)25)19(14-7-5-4-6-8-14)24-21(23-13)28-12-15-11-16(26-2)9-10-17(15)27-3/h4-11,19H,12H2,1-3H3,(H2,22,25)(H,23,24)/t19-/m0/s1. The molecular weight excluding hydrogens is 374 g/mol. The van der Waals surface area contributed by atoms with Crippen molar-refractivity contribution >= 4 is 22.8 Å². The zero-order valence-electron chi connectivity index (χ0n) is 16.1. The number of rotatable bonds is 6. The van der Waals surface area contributed by atoms with Crippen LogP contribution >= 0.6 is 11.8 Å². The second kappa shape index (κ2) is 8.84. The third-order valence-corrected chi connectivity index (χ3v) is 5.39. The highest BCUT2D eigenvalue weighted by Crippen LogP contribution is 2.33. The number of amidine groups is 1. The number of methoxy groups -OCH3 is 2. The zero-order valence-corrected chi connectivity index (χ0v) is 16.9. The van der Waals surface area contributed by atoms with Gasteiger partial charge in [0.1, 0.15) is 17.5 Å². The summed E-state index contributed by atoms with van der Waals surface area (Å²) >= 11 is 1.53. The number of nitrogens with one attached hydrogen (secondary N) is 1. The van der Waals surface area contributed by atoms with Gasteiger partial charge in [-0.3, -0.25) is 4.79 Å². The molecule has 0 saturated carbocycles. The van der Waals surface area contributed by atoms with E-state index in [-0.39, 0.29) is 0 Å². The van der Waals surface area contributed by atoms with Gasteiger partial charge in [0.25, 0.3) is 0 Å². The van der Waals surface area contributed by atoms with Gasteiger partial charge in [0.2, 0.25) is 5.91 Å². The predicted molar refractivity (Wildman–Crippen MR) is 112 cm³/mol. The van der Waals surface area contributed by atoms with Crippen LogP contribution in [0.2, 0.25) is 0 Å². The summed E-state index contributed by atoms with van der Waals surface area (Å²) in [4.78, 5) is 16.8. The molecule has 2 aromatic rings. The predicted octanol–water partition coefficient (Wildman–Crippen LogP) is 3.40. The van der Waals surface area contributed by atoms with Gasteiger partial charge in [-0.25, -0.2) is 4.99 Å². The summed E-state index contributed by atoms with van der Waals surface area (Å²) in [5.74, 6) is 1.71. The summed E-state index contributed by atoms with van der Waals surface area (Å²) in [7, 11) is 3.28. The molecule has 3 rings (SSSR count). The van der Waals surface area contributed by atoms with Crippen LogP contribution in [-0.2, 0) is 10.5 Å². The molecule has 0 saturated heterocycles. The maximum Gasteiger partial charge on any atom is 0.248 e. The van der Waals surface area contributed by atoms with Gasteiger partial charge in [-0.2, -0.15) is 0 Å². The number of carbonyl (C=O) groups is 1. The van der Waals surface area contributed by atoms with E-state index in [0.29, 0.717) is 11.3 Å². The average molecular weight is 398 g/mol. The molecule has 0 spiro atoms. The Morgan fingerprint density at radius 3 is 2.57 bits per heavy atom. The van der Waals surface area contributed by atoms with Crippen LogP contribution in [0, 0.1) is 0 Å². The highest BCUT2D eigenvalue weighted by molar-refractivity contribution is 8.13. The number of allylic oxidation sites excluding steroid dienone is 1. The van der Waals surface area contributed by atoms with Crippen molar-refractivity contribution in [2.45, 2.75) is 18.7 Å². The fourth-order valence-electron chi connectivity index (χ4n) is 3.06. The van der Waals surface area contributed by atoms with E-state index in [9.17, 15) is 4.79 Å². The van der Waals surface area contributed by atoms with Crippen molar-refractivity contribution in [3.8, 4) is 11.5 Å². The highest BCUT2D eigenvalue weighted by Gasteiger charge is 2.27. The summed E-state index contributed by atoms with van der Waals surface area (Å²) in [5.41, 5.74) is 8.74. The van der Waals surface area contributed by atoms with Gasteiger partial charge in [0, 0.05) is 17.0 Å². The molecule has 146 valence electrons. The second-order valence-electron chi connectivity index (χ2n) is 6.24. The van der Waals surface area contributed by atoms with Gasteiger partial charge in [-0.15, -0.1) is 0 Å². The molecule has 0 fully saturated rings. The summed E-state index contributed by atoms with van der Waals surface area (Å²) in [6.45, 7) is 1.84. The first-order chi connectivity index (χ1) is 13.5. The van der Waals surface area contributed by atoms with E-state index >= 15 is 0 Å². The molecule has 1 aliphatic heterocycles. The third kappa shape index (κ3) is 4.31. The van der Waals surface area contributed by atoms with E-state index in [4.69, 9.17) is 20.2 Å². The minimum atomic E-state index is -0.471. The summed E-state index contributed by atoms with van der Waals surface area (Å²) in [6, 6.07) is 14.9. The molecule has 28 heavy (non-hydrogen) atoms. The van der Waals surface area contributed by atoms with Gasteiger partial charge in [-0.1, -0.05) is 42.1 Å². The van der Waals surface area contributed by atoms with E-state index in [1.54, 1.807) is 14.2 Å². The van der Waals surface area contributed by atoms with Crippen molar-refractivity contribution in [3.63, 3.8) is 0 Å². The lowest BCUT2D eigenvalue weighted by atomic mass is 9.96. The van der Waals surface area contributed by atoms with Gasteiger partial charge in [0.05, 0.1) is 19.8 Å². The van der Waals surface area contributed by atoms with E-state index in [2.05, 4.69) is 5.32 Å². The summed E-state index contributed by atoms with van der Waals surface area (Å²) in [5, 5.41) is 3.93. The monoisotopic (exact) mass is 397 g/mol. The van der Waals surface area contributed by atoms with E-state index in [1.807, 2.05) is 55.5 Å². The van der Waals surface area contributed by atoms with Gasteiger partial charge in [-0.05, 0) is 30.7 Å². The normalized spacial score (nSPS) is 16.2. The van der Waals surface area contributed by atoms with Crippen LogP contribution in [-0.4, -0.2) is 25.3 Å². The number of ether oxygens (including phenoxy) is 2. The molecule has 2 aromatic carbocycles. The Bertz CT molecular complexity index is 926. The van der Waals surface area contributed by atoms with Crippen LogP contribution < -0.4 is 20.5 Å². The molecule has 0 radical (unpaired) electrons. The summed E-state index contributed by atoms with van der Waals surface area (Å²) in [6.07, 6.45) is 0. The smallest absolute Gasteiger partial charge is 0.248 e. The minimum absolute atomic E-state index is 0.422. The second-order valence-corrected chi connectivity index (χ2v) is 7.21. The molecule has 1 atom stereocenters. The van der Waals surface area contributed by atoms with Crippen LogP contribution in [0.1, 0.15) is 24.1 Å². The maximum atomic E-state index is 12.0. The van der Waals surface area contributed by atoms with Gasteiger partial charge < -0.3 is 20.5 Å². The molecule has 0 bridgehead atoms. The number of primary amides is 1. The van der Waals surface area contributed by atoms with Gasteiger partial charge in [0.15, 0.2) is 5.17 Å². The first kappa shape index (κ1) is 19.8. The fraction of sp³-hybridized carbons (Fsp3) is 0.238. The van der Waals surface area contributed by atoms with Crippen molar-refractivity contribution < 1.29 is 14.3 Å². The Labute approximate surface area is 168 Å². The van der Waals surface area contributed by atoms with Crippen molar-refractivity contribution in [2.75, 3.05) is 14.2 Å². The Kier molecular flexibility index (Phi) is 6.26. The molecule has 1 amide bonds. The largest absolute Gasteiger partial charge is 0.497 e. The van der Waals surface area contributed by atoms with E-state index in [0.717, 1.165) is 33.5 Å². The first-order valence-electron chi connectivity index (χ1n) is 8.77. The highest BCUT2D eigenvalue weighted by atomic mass is 32.2. The average Bonchev–Trinajstić information content (AvgIpc) is 2.71. The zero-order chi connectivity index (χ0) is 20.1. The number of aliphatic imine (C=N–C) groups is 1. The van der Waals surface area contributed by atoms with Gasteiger partial charge >= 0.3 is 0 Å². The number of hydrogen-bond acceptors (Lipinski definition) is 6. The third-order valence-electron chi connectivity index (χ3n) is 4.45. The number of thioether (sulfide) groups is 1. The Balaban J connectivity index is 1.86. The van der Waals surface area contributed by atoms with Crippen molar-refractivity contribution in [2.24, 2.45) is 10.7 Å². The molecule has 0 unspecified atom stereocenters. The van der Waals surface area contributed by atoms with E-state index in [1.165, 1.54) is 11.8 Å². The molecular formula is C21H23N3O3S. The topological polar surface area (TPSA) is 85.9 Å². The molecule has 6 nitrogen and oxygen atoms in total. The molecule has 0 aromatic heterocycles. The van der Waals surface area contributed by atoms with Crippen LogP contribution in [0.4, 0.5) is 0 Å². The van der Waals surface area contributed by atoms with Crippen molar-refractivity contribution in [1.82, 2.24) is 5.32 Å². The number of carbonyl (C=O) groups excluding carboxylic acids is 1. The van der Waals surface area contributed by atoms with E-state index < -0.39 is 11.9 Å². The van der Waals surface area contributed by atoms with Crippen LogP contribution in [0.5, 0.6) is 11.5 Å². The summed E-state index contributed by atoms with van der Waals surface area (Å²) < 4.78 is 10.8. The Morgan fingerprint density at radius 1 is 1.18 bits per heavy atom.